The van der Waals surface area contributed by atoms with Crippen molar-refractivity contribution in [1.82, 2.24) is 28.9 Å². The smallest absolute Gasteiger partial charge is 0.320 e. The molecule has 5 aromatic rings. The van der Waals surface area contributed by atoms with Crippen LogP contribution in [-0.2, 0) is 13.2 Å². The summed E-state index contributed by atoms with van der Waals surface area (Å²) in [5, 5.41) is 6.79. The number of hydrogen-bond donors (Lipinski definition) is 1. The first-order valence-electron chi connectivity index (χ1n) is 10.7. The van der Waals surface area contributed by atoms with Gasteiger partial charge in [0, 0.05) is 30.5 Å². The van der Waals surface area contributed by atoms with Crippen molar-refractivity contribution >= 4 is 22.5 Å². The fraction of sp³-hybridized carbons (Fsp3) is 0.125. The van der Waals surface area contributed by atoms with E-state index in [2.05, 4.69) is 20.4 Å². The molecular formula is C24H18F3N7O2. The summed E-state index contributed by atoms with van der Waals surface area (Å²) in [4.78, 5) is 33.6. The summed E-state index contributed by atoms with van der Waals surface area (Å²) in [7, 11) is 1.59. The van der Waals surface area contributed by atoms with Crippen molar-refractivity contribution in [3.8, 4) is 11.4 Å². The molecule has 182 valence electrons. The van der Waals surface area contributed by atoms with Gasteiger partial charge in [-0.05, 0) is 37.3 Å². The van der Waals surface area contributed by atoms with E-state index in [9.17, 15) is 22.8 Å². The summed E-state index contributed by atoms with van der Waals surface area (Å²) in [5.41, 5.74) is -0.513. The number of aryl methyl sites for hydroxylation is 2. The predicted octanol–water partition coefficient (Wildman–Crippen LogP) is 3.88. The number of anilines is 1. The van der Waals surface area contributed by atoms with Gasteiger partial charge in [0.2, 0.25) is 0 Å². The lowest BCUT2D eigenvalue weighted by Crippen LogP contribution is -2.22. The Hall–Kier alpha value is -4.74. The van der Waals surface area contributed by atoms with Crippen molar-refractivity contribution < 1.29 is 18.0 Å². The van der Waals surface area contributed by atoms with E-state index in [0.717, 1.165) is 6.20 Å². The molecule has 1 amide bonds. The predicted molar refractivity (Wildman–Crippen MR) is 125 cm³/mol. The molecule has 0 saturated carbocycles. The largest absolute Gasteiger partial charge is 0.434 e. The van der Waals surface area contributed by atoms with Crippen molar-refractivity contribution in [3.63, 3.8) is 0 Å². The van der Waals surface area contributed by atoms with Gasteiger partial charge in [-0.15, -0.1) is 0 Å². The monoisotopic (exact) mass is 493 g/mol. The van der Waals surface area contributed by atoms with Gasteiger partial charge in [-0.1, -0.05) is 6.07 Å². The van der Waals surface area contributed by atoms with E-state index in [4.69, 9.17) is 0 Å². The van der Waals surface area contributed by atoms with E-state index in [0.29, 0.717) is 27.0 Å². The van der Waals surface area contributed by atoms with Crippen molar-refractivity contribution in [2.24, 2.45) is 7.05 Å². The molecule has 5 rings (SSSR count). The second-order valence-corrected chi connectivity index (χ2v) is 8.05. The summed E-state index contributed by atoms with van der Waals surface area (Å²) in [6.07, 6.45) is 1.83. The second-order valence-electron chi connectivity index (χ2n) is 8.05. The van der Waals surface area contributed by atoms with Crippen molar-refractivity contribution in [1.29, 1.82) is 0 Å². The van der Waals surface area contributed by atoms with E-state index < -0.39 is 23.3 Å². The van der Waals surface area contributed by atoms with Crippen LogP contribution in [0.3, 0.4) is 0 Å². The number of pyridine rings is 2. The Bertz CT molecular complexity index is 1680. The quantitative estimate of drug-likeness (QED) is 0.410. The van der Waals surface area contributed by atoms with Gasteiger partial charge < -0.3 is 9.88 Å². The number of hydrogen-bond acceptors (Lipinski definition) is 5. The minimum atomic E-state index is -4.89. The minimum Gasteiger partial charge on any atom is -0.320 e. The summed E-state index contributed by atoms with van der Waals surface area (Å²) in [6.45, 7) is 1.72. The number of fused-ring (bicyclic) bond motifs is 1. The van der Waals surface area contributed by atoms with E-state index in [1.54, 1.807) is 44.4 Å². The number of imidazole rings is 1. The lowest BCUT2D eigenvalue weighted by Gasteiger charge is -2.14. The lowest BCUT2D eigenvalue weighted by atomic mass is 10.1. The molecule has 1 N–H and O–H groups in total. The van der Waals surface area contributed by atoms with Crippen LogP contribution in [0.1, 0.15) is 21.7 Å². The Balaban J connectivity index is 1.55. The van der Waals surface area contributed by atoms with Gasteiger partial charge in [0.15, 0.2) is 5.69 Å². The molecule has 36 heavy (non-hydrogen) atoms. The molecule has 0 unspecified atom stereocenters. The number of amides is 1. The first-order valence-corrected chi connectivity index (χ1v) is 10.7. The Morgan fingerprint density at radius 2 is 1.89 bits per heavy atom. The number of aromatic nitrogens is 6. The van der Waals surface area contributed by atoms with Crippen LogP contribution in [0.15, 0.2) is 72.2 Å². The molecule has 0 fully saturated rings. The van der Waals surface area contributed by atoms with Gasteiger partial charge in [0.05, 0.1) is 46.7 Å². The van der Waals surface area contributed by atoms with E-state index in [-0.39, 0.29) is 17.1 Å². The Morgan fingerprint density at radius 3 is 2.61 bits per heavy atom. The molecule has 0 saturated heterocycles. The zero-order valence-electron chi connectivity index (χ0n) is 19.0. The SMILES string of the molecule is Cc1cn(C)c(=O)n1-c1cncc(NC(=O)c2cnn(-c3cccc4ncccc34)c2C(F)(F)F)c1. The maximum absolute atomic E-state index is 14.2. The third-order valence-corrected chi connectivity index (χ3v) is 5.60. The highest BCUT2D eigenvalue weighted by Crippen LogP contribution is 2.35. The molecular weight excluding hydrogens is 475 g/mol. The fourth-order valence-corrected chi connectivity index (χ4v) is 4.07. The van der Waals surface area contributed by atoms with Crippen LogP contribution in [0.4, 0.5) is 18.9 Å². The summed E-state index contributed by atoms with van der Waals surface area (Å²) < 4.78 is 46.0. The molecule has 0 atom stereocenters. The number of rotatable bonds is 4. The third kappa shape index (κ3) is 3.91. The molecule has 1 aromatic carbocycles. The molecule has 0 radical (unpaired) electrons. The number of carbonyl (C=O) groups is 1. The first-order chi connectivity index (χ1) is 17.1. The highest BCUT2D eigenvalue weighted by Gasteiger charge is 2.41. The van der Waals surface area contributed by atoms with Gasteiger partial charge in [0.25, 0.3) is 5.91 Å². The van der Waals surface area contributed by atoms with Crippen molar-refractivity contribution in [2.75, 3.05) is 5.32 Å². The van der Waals surface area contributed by atoms with Gasteiger partial charge in [-0.25, -0.2) is 9.48 Å². The van der Waals surface area contributed by atoms with Gasteiger partial charge in [-0.2, -0.15) is 18.3 Å². The van der Waals surface area contributed by atoms with Gasteiger partial charge in [0.1, 0.15) is 0 Å². The number of nitrogens with one attached hydrogen (secondary N) is 1. The normalized spacial score (nSPS) is 11.7. The zero-order chi connectivity index (χ0) is 25.6. The standard InChI is InChI=1S/C24H18F3N7O2/c1-14-13-32(2)23(36)33(14)16-9-15(10-28-11-16)31-22(35)18-12-30-34(21(18)24(25,26)27)20-7-3-6-19-17(20)5-4-8-29-19/h3-13H,1-2H3,(H,31,35). The highest BCUT2D eigenvalue weighted by atomic mass is 19.4. The molecule has 0 bridgehead atoms. The van der Waals surface area contributed by atoms with Crippen LogP contribution < -0.4 is 11.0 Å². The maximum atomic E-state index is 14.2. The molecule has 12 heteroatoms. The van der Waals surface area contributed by atoms with Crippen LogP contribution in [0.2, 0.25) is 0 Å². The Labute approximate surface area is 201 Å². The maximum Gasteiger partial charge on any atom is 0.434 e. The van der Waals surface area contributed by atoms with Gasteiger partial charge in [-0.3, -0.25) is 19.3 Å². The van der Waals surface area contributed by atoms with Crippen LogP contribution >= 0.6 is 0 Å². The average molecular weight is 493 g/mol. The molecule has 0 aliphatic rings. The summed E-state index contributed by atoms with van der Waals surface area (Å²) >= 11 is 0. The van der Waals surface area contributed by atoms with Crippen LogP contribution in [-0.4, -0.2) is 34.8 Å². The number of nitrogens with zero attached hydrogens (tertiary/aromatic N) is 6. The molecule has 4 aromatic heterocycles. The van der Waals surface area contributed by atoms with E-state index >= 15 is 0 Å². The summed E-state index contributed by atoms with van der Waals surface area (Å²) in [5.74, 6) is -1.02. The second kappa shape index (κ2) is 8.48. The van der Waals surface area contributed by atoms with Gasteiger partial charge >= 0.3 is 11.9 Å². The Morgan fingerprint density at radius 1 is 1.08 bits per heavy atom. The topological polar surface area (TPSA) is 99.6 Å². The first kappa shape index (κ1) is 23.0. The molecule has 4 heterocycles. The average Bonchev–Trinajstić information content (AvgIpc) is 3.40. The molecule has 0 aliphatic heterocycles. The number of carbonyl (C=O) groups excluding carboxylic acids is 1. The third-order valence-electron chi connectivity index (χ3n) is 5.60. The zero-order valence-corrected chi connectivity index (χ0v) is 19.0. The van der Waals surface area contributed by atoms with Crippen LogP contribution in [0.25, 0.3) is 22.3 Å². The lowest BCUT2D eigenvalue weighted by molar-refractivity contribution is -0.143. The molecule has 0 spiro atoms. The van der Waals surface area contributed by atoms with Crippen LogP contribution in [0.5, 0.6) is 0 Å². The Kier molecular flexibility index (Phi) is 5.43. The van der Waals surface area contributed by atoms with Crippen molar-refractivity contribution in [3.05, 3.63) is 94.8 Å². The number of halogens is 3. The van der Waals surface area contributed by atoms with E-state index in [1.165, 1.54) is 39.9 Å². The fourth-order valence-electron chi connectivity index (χ4n) is 4.07. The highest BCUT2D eigenvalue weighted by molar-refractivity contribution is 6.05. The minimum absolute atomic E-state index is 0.114. The van der Waals surface area contributed by atoms with Crippen LogP contribution in [0, 0.1) is 6.92 Å². The number of alkyl halides is 3. The summed E-state index contributed by atoms with van der Waals surface area (Å²) in [6, 6.07) is 9.40. The van der Waals surface area contributed by atoms with E-state index in [1.807, 2.05) is 0 Å². The number of benzene rings is 1. The molecule has 0 aliphatic carbocycles. The van der Waals surface area contributed by atoms with Crippen molar-refractivity contribution in [2.45, 2.75) is 13.1 Å². The molecule has 9 nitrogen and oxygen atoms in total.